The highest BCUT2D eigenvalue weighted by Gasteiger charge is 2.34. The Labute approximate surface area is 199 Å². The Morgan fingerprint density at radius 1 is 1.26 bits per heavy atom. The van der Waals surface area contributed by atoms with Gasteiger partial charge in [0, 0.05) is 30.0 Å². The number of hydrogen-bond acceptors (Lipinski definition) is 6. The topological polar surface area (TPSA) is 88.4 Å². The van der Waals surface area contributed by atoms with Gasteiger partial charge in [0.25, 0.3) is 0 Å². The summed E-state index contributed by atoms with van der Waals surface area (Å²) >= 11 is 0. The first-order chi connectivity index (χ1) is 16.5. The highest BCUT2D eigenvalue weighted by atomic mass is 19.1. The summed E-state index contributed by atoms with van der Waals surface area (Å²) in [5.41, 5.74) is 2.30. The van der Waals surface area contributed by atoms with Crippen molar-refractivity contribution in [1.82, 2.24) is 19.9 Å². The number of ether oxygens (including phenoxy) is 1. The van der Waals surface area contributed by atoms with Gasteiger partial charge in [-0.2, -0.15) is 0 Å². The Bertz CT molecular complexity index is 1100. The first-order valence-corrected chi connectivity index (χ1v) is 11.8. The van der Waals surface area contributed by atoms with Crippen molar-refractivity contribution in [3.63, 3.8) is 0 Å². The summed E-state index contributed by atoms with van der Waals surface area (Å²) in [6.45, 7) is 2.18. The molecular formula is C26H31FN4O3. The number of aryl methyl sites for hydroxylation is 1. The lowest BCUT2D eigenvalue weighted by Crippen LogP contribution is -2.44. The van der Waals surface area contributed by atoms with Crippen LogP contribution in [0.5, 0.6) is 5.75 Å². The van der Waals surface area contributed by atoms with E-state index >= 15 is 4.39 Å². The highest BCUT2D eigenvalue weighted by Crippen LogP contribution is 2.35. The largest absolute Gasteiger partial charge is 0.497 e. The molecule has 1 fully saturated rings. The van der Waals surface area contributed by atoms with E-state index in [1.165, 1.54) is 0 Å². The van der Waals surface area contributed by atoms with E-state index in [1.54, 1.807) is 31.9 Å². The predicted molar refractivity (Wildman–Crippen MR) is 127 cm³/mol. The molecule has 1 aliphatic rings. The van der Waals surface area contributed by atoms with E-state index in [-0.39, 0.29) is 5.92 Å². The van der Waals surface area contributed by atoms with Crippen molar-refractivity contribution >= 4 is 16.9 Å². The zero-order valence-corrected chi connectivity index (χ0v) is 19.4. The number of carboxylic acid groups (broad SMARTS) is 1. The summed E-state index contributed by atoms with van der Waals surface area (Å²) in [4.78, 5) is 26.7. The van der Waals surface area contributed by atoms with Crippen molar-refractivity contribution in [2.45, 2.75) is 38.3 Å². The van der Waals surface area contributed by atoms with Gasteiger partial charge < -0.3 is 14.7 Å². The van der Waals surface area contributed by atoms with Crippen molar-refractivity contribution in [2.75, 3.05) is 26.7 Å². The maximum Gasteiger partial charge on any atom is 0.308 e. The quantitative estimate of drug-likeness (QED) is 0.471. The first kappa shape index (κ1) is 24.0. The molecule has 3 aromatic rings. The molecule has 180 valence electrons. The number of fused-ring (bicyclic) bond motifs is 1. The van der Waals surface area contributed by atoms with Crippen LogP contribution < -0.4 is 4.74 Å². The minimum Gasteiger partial charge on any atom is -0.497 e. The van der Waals surface area contributed by atoms with Crippen LogP contribution in [-0.4, -0.2) is 57.7 Å². The molecule has 34 heavy (non-hydrogen) atoms. The summed E-state index contributed by atoms with van der Waals surface area (Å²) in [6.07, 6.45) is 7.08. The summed E-state index contributed by atoms with van der Waals surface area (Å²) in [5.74, 6) is -0.641. The van der Waals surface area contributed by atoms with Crippen LogP contribution in [-0.2, 0) is 11.2 Å². The second-order valence-electron chi connectivity index (χ2n) is 8.93. The van der Waals surface area contributed by atoms with Gasteiger partial charge in [-0.25, -0.2) is 14.4 Å². The SMILES string of the molecule is COc1ccc2nccc([C@@H](F)CC[C@@H]3CCN(CCCc4ccncn4)C[C@@H]3C(=O)O)c2c1. The lowest BCUT2D eigenvalue weighted by Gasteiger charge is -2.36. The molecule has 0 saturated carbocycles. The summed E-state index contributed by atoms with van der Waals surface area (Å²) < 4.78 is 20.6. The molecule has 0 amide bonds. The third kappa shape index (κ3) is 5.86. The molecule has 1 aliphatic heterocycles. The fourth-order valence-corrected chi connectivity index (χ4v) is 4.91. The second-order valence-corrected chi connectivity index (χ2v) is 8.93. The molecule has 4 rings (SSSR count). The van der Waals surface area contributed by atoms with Crippen LogP contribution in [0.4, 0.5) is 4.39 Å². The Balaban J connectivity index is 1.34. The number of alkyl halides is 1. The maximum absolute atomic E-state index is 15.4. The predicted octanol–water partition coefficient (Wildman–Crippen LogP) is 4.48. The third-order valence-electron chi connectivity index (χ3n) is 6.82. The fourth-order valence-electron chi connectivity index (χ4n) is 4.91. The molecule has 1 N–H and O–H groups in total. The highest BCUT2D eigenvalue weighted by molar-refractivity contribution is 5.83. The monoisotopic (exact) mass is 466 g/mol. The van der Waals surface area contributed by atoms with Gasteiger partial charge in [-0.1, -0.05) is 0 Å². The van der Waals surface area contributed by atoms with E-state index in [9.17, 15) is 9.90 Å². The molecule has 1 saturated heterocycles. The van der Waals surface area contributed by atoms with Gasteiger partial charge in [0.1, 0.15) is 18.2 Å². The van der Waals surface area contributed by atoms with Crippen LogP contribution in [0.25, 0.3) is 10.9 Å². The lowest BCUT2D eigenvalue weighted by atomic mass is 9.81. The van der Waals surface area contributed by atoms with Gasteiger partial charge in [-0.15, -0.1) is 0 Å². The minimum absolute atomic E-state index is 0.0310. The number of carbonyl (C=O) groups is 1. The maximum atomic E-state index is 15.4. The number of aromatic nitrogens is 3. The van der Waals surface area contributed by atoms with Gasteiger partial charge in [0.05, 0.1) is 18.5 Å². The molecule has 8 heteroatoms. The lowest BCUT2D eigenvalue weighted by molar-refractivity contribution is -0.146. The number of hydrogen-bond donors (Lipinski definition) is 1. The molecule has 3 atom stereocenters. The molecule has 0 spiro atoms. The molecule has 0 unspecified atom stereocenters. The zero-order chi connectivity index (χ0) is 23.9. The normalized spacial score (nSPS) is 19.7. The minimum atomic E-state index is -1.18. The summed E-state index contributed by atoms with van der Waals surface area (Å²) in [6, 6.07) is 9.06. The average molecular weight is 467 g/mol. The Morgan fingerprint density at radius 3 is 2.91 bits per heavy atom. The number of benzene rings is 1. The van der Waals surface area contributed by atoms with Crippen molar-refractivity contribution < 1.29 is 19.0 Å². The standard InChI is InChI=1S/C26H31FN4O3/c1-34-20-5-7-25-22(15-20)21(9-12-29-25)24(27)6-4-18-10-14-31(16-23(18)26(32)33)13-2-3-19-8-11-28-17-30-19/h5,7-9,11-12,15,17-18,23-24H,2-4,6,10,13-14,16H2,1H3,(H,32,33)/t18-,23+,24+/m1/s1. The van der Waals surface area contributed by atoms with Crippen LogP contribution in [0.2, 0.25) is 0 Å². The number of carboxylic acids is 1. The van der Waals surface area contributed by atoms with E-state index in [0.717, 1.165) is 48.9 Å². The fraction of sp³-hybridized carbons (Fsp3) is 0.462. The molecule has 1 aromatic carbocycles. The van der Waals surface area contributed by atoms with E-state index in [4.69, 9.17) is 4.74 Å². The molecule has 0 aliphatic carbocycles. The second kappa shape index (κ2) is 11.3. The van der Waals surface area contributed by atoms with Gasteiger partial charge in [-0.05, 0) is 87.0 Å². The van der Waals surface area contributed by atoms with Crippen molar-refractivity contribution in [3.8, 4) is 5.75 Å². The molecule has 7 nitrogen and oxygen atoms in total. The number of rotatable bonds is 10. The van der Waals surface area contributed by atoms with Gasteiger partial charge in [-0.3, -0.25) is 9.78 Å². The Morgan fingerprint density at radius 2 is 2.15 bits per heavy atom. The molecule has 3 heterocycles. The number of aliphatic carboxylic acids is 1. The van der Waals surface area contributed by atoms with Crippen molar-refractivity contribution in [1.29, 1.82) is 0 Å². The average Bonchev–Trinajstić information content (AvgIpc) is 2.87. The molecule has 0 bridgehead atoms. The van der Waals surface area contributed by atoms with E-state index < -0.39 is 18.1 Å². The summed E-state index contributed by atoms with van der Waals surface area (Å²) in [7, 11) is 1.58. The van der Waals surface area contributed by atoms with Crippen LogP contribution >= 0.6 is 0 Å². The zero-order valence-electron chi connectivity index (χ0n) is 19.4. The summed E-state index contributed by atoms with van der Waals surface area (Å²) in [5, 5.41) is 10.6. The Hall–Kier alpha value is -3.13. The number of nitrogens with zero attached hydrogens (tertiary/aromatic N) is 4. The molecule has 2 aromatic heterocycles. The van der Waals surface area contributed by atoms with E-state index in [2.05, 4.69) is 19.9 Å². The number of pyridine rings is 1. The van der Waals surface area contributed by atoms with Crippen LogP contribution in [0.3, 0.4) is 0 Å². The van der Waals surface area contributed by atoms with Gasteiger partial charge in [0.2, 0.25) is 0 Å². The van der Waals surface area contributed by atoms with E-state index in [1.807, 2.05) is 24.3 Å². The van der Waals surface area contributed by atoms with Crippen LogP contribution in [0.15, 0.2) is 49.1 Å². The smallest absolute Gasteiger partial charge is 0.308 e. The van der Waals surface area contributed by atoms with Gasteiger partial charge in [0.15, 0.2) is 0 Å². The third-order valence-corrected chi connectivity index (χ3v) is 6.82. The van der Waals surface area contributed by atoms with Crippen LogP contribution in [0.1, 0.15) is 43.1 Å². The van der Waals surface area contributed by atoms with Crippen molar-refractivity contribution in [3.05, 3.63) is 60.3 Å². The van der Waals surface area contributed by atoms with E-state index in [0.29, 0.717) is 30.7 Å². The first-order valence-electron chi connectivity index (χ1n) is 11.8. The van der Waals surface area contributed by atoms with Crippen molar-refractivity contribution in [2.24, 2.45) is 11.8 Å². The number of likely N-dealkylation sites (tertiary alicyclic amines) is 1. The van der Waals surface area contributed by atoms with Crippen LogP contribution in [0, 0.1) is 11.8 Å². The number of piperidine rings is 1. The molecular weight excluding hydrogens is 435 g/mol. The number of halogens is 1. The Kier molecular flexibility index (Phi) is 8.00. The number of methoxy groups -OCH3 is 1. The molecule has 0 radical (unpaired) electrons. The van der Waals surface area contributed by atoms with Gasteiger partial charge >= 0.3 is 5.97 Å².